The summed E-state index contributed by atoms with van der Waals surface area (Å²) in [5, 5.41) is 13.3. The van der Waals surface area contributed by atoms with Crippen LogP contribution in [0.2, 0.25) is 5.02 Å². The van der Waals surface area contributed by atoms with Crippen LogP contribution in [-0.4, -0.2) is 46.4 Å². The van der Waals surface area contributed by atoms with E-state index in [-0.39, 0.29) is 39.8 Å². The van der Waals surface area contributed by atoms with E-state index in [0.717, 1.165) is 18.4 Å². The number of halogens is 1. The van der Waals surface area contributed by atoms with Gasteiger partial charge in [0.15, 0.2) is 22.8 Å². The van der Waals surface area contributed by atoms with Crippen molar-refractivity contribution in [3.8, 4) is 11.6 Å². The van der Waals surface area contributed by atoms with Gasteiger partial charge in [-0.2, -0.15) is 4.98 Å². The van der Waals surface area contributed by atoms with Gasteiger partial charge >= 0.3 is 0 Å². The predicted octanol–water partition coefficient (Wildman–Crippen LogP) is 2.97. The van der Waals surface area contributed by atoms with Gasteiger partial charge in [0, 0.05) is 38.9 Å². The van der Waals surface area contributed by atoms with Gasteiger partial charge in [-0.15, -0.1) is 0 Å². The smallest absolute Gasteiger partial charge is 0.274 e. The zero-order chi connectivity index (χ0) is 27.3. The molecule has 2 aliphatic carbocycles. The third-order valence-electron chi connectivity index (χ3n) is 7.01. The number of hydrogen-bond donors (Lipinski definition) is 3. The highest BCUT2D eigenvalue weighted by molar-refractivity contribution is 6.36. The molecule has 4 N–H and O–H groups in total. The Labute approximate surface area is 228 Å². The van der Waals surface area contributed by atoms with Crippen molar-refractivity contribution in [2.75, 3.05) is 5.32 Å². The maximum absolute atomic E-state index is 12.8. The molecule has 2 fully saturated rings. The van der Waals surface area contributed by atoms with Gasteiger partial charge in [-0.1, -0.05) is 11.6 Å². The van der Waals surface area contributed by atoms with Gasteiger partial charge in [0.1, 0.15) is 22.3 Å². The largest absolute Gasteiger partial charge is 0.470 e. The van der Waals surface area contributed by atoms with Crippen LogP contribution >= 0.6 is 11.6 Å². The van der Waals surface area contributed by atoms with Gasteiger partial charge < -0.3 is 34.8 Å². The number of aromatic nitrogens is 6. The van der Waals surface area contributed by atoms with Crippen molar-refractivity contribution < 1.29 is 14.6 Å². The first-order valence-electron chi connectivity index (χ1n) is 12.6. The molecule has 0 aromatic carbocycles. The molecule has 4 aromatic heterocycles. The van der Waals surface area contributed by atoms with Crippen LogP contribution in [0.4, 0.5) is 11.6 Å². The van der Waals surface area contributed by atoms with Crippen molar-refractivity contribution in [2.24, 2.45) is 19.8 Å². The number of pyridine rings is 2. The fourth-order valence-corrected chi connectivity index (χ4v) is 4.78. The van der Waals surface area contributed by atoms with Crippen LogP contribution < -0.4 is 26.1 Å². The van der Waals surface area contributed by atoms with Gasteiger partial charge in [0.2, 0.25) is 11.8 Å². The molecule has 13 heteroatoms. The van der Waals surface area contributed by atoms with Crippen LogP contribution in [0.25, 0.3) is 16.9 Å². The summed E-state index contributed by atoms with van der Waals surface area (Å²) in [5.74, 6) is 1.43. The van der Waals surface area contributed by atoms with Crippen molar-refractivity contribution in [3.63, 3.8) is 0 Å². The van der Waals surface area contributed by atoms with E-state index in [2.05, 4.69) is 25.3 Å². The number of aryl methyl sites for hydroxylation is 2. The van der Waals surface area contributed by atoms with Gasteiger partial charge in [-0.05, 0) is 43.2 Å². The number of aliphatic hydroxyl groups excluding tert-OH is 1. The fraction of sp³-hybridized carbons (Fsp3) is 0.346. The van der Waals surface area contributed by atoms with Crippen molar-refractivity contribution >= 4 is 40.2 Å². The normalized spacial score (nSPS) is 19.1. The van der Waals surface area contributed by atoms with E-state index >= 15 is 0 Å². The van der Waals surface area contributed by atoms with E-state index in [4.69, 9.17) is 26.8 Å². The van der Waals surface area contributed by atoms with E-state index in [1.165, 1.54) is 24.8 Å². The summed E-state index contributed by atoms with van der Waals surface area (Å²) in [7, 11) is 3.50. The average molecular weight is 551 g/mol. The molecule has 0 spiro atoms. The summed E-state index contributed by atoms with van der Waals surface area (Å²) in [6.45, 7) is 0. The van der Waals surface area contributed by atoms with Gasteiger partial charge in [-0.3, -0.25) is 4.79 Å². The average Bonchev–Trinajstić information content (AvgIpc) is 3.73. The number of ether oxygens (including phenoxy) is 2. The highest BCUT2D eigenvalue weighted by atomic mass is 35.5. The number of fused-ring (bicyclic) bond motifs is 1. The molecular weight excluding hydrogens is 524 g/mol. The second-order valence-corrected chi connectivity index (χ2v) is 10.1. The molecule has 202 valence electrons. The van der Waals surface area contributed by atoms with Crippen LogP contribution in [0.1, 0.15) is 42.9 Å². The van der Waals surface area contributed by atoms with Crippen molar-refractivity contribution in [3.05, 3.63) is 63.7 Å². The molecule has 2 saturated carbocycles. The van der Waals surface area contributed by atoms with E-state index in [1.807, 2.05) is 12.3 Å². The van der Waals surface area contributed by atoms with Crippen LogP contribution in [-0.2, 0) is 14.1 Å². The van der Waals surface area contributed by atoms with Gasteiger partial charge in [-0.25, -0.2) is 15.0 Å². The molecule has 2 atom stereocenters. The molecule has 2 unspecified atom stereocenters. The number of imidazole rings is 1. The summed E-state index contributed by atoms with van der Waals surface area (Å²) in [5.41, 5.74) is 8.39. The zero-order valence-electron chi connectivity index (χ0n) is 21.3. The maximum atomic E-state index is 12.8. The number of aliphatic hydroxyl groups is 1. The summed E-state index contributed by atoms with van der Waals surface area (Å²) in [4.78, 5) is 30.3. The molecule has 39 heavy (non-hydrogen) atoms. The zero-order valence-corrected chi connectivity index (χ0v) is 22.1. The lowest BCUT2D eigenvalue weighted by molar-refractivity contribution is -0.0386. The number of rotatable bonds is 8. The number of anilines is 2. The van der Waals surface area contributed by atoms with E-state index in [0.29, 0.717) is 41.6 Å². The first kappa shape index (κ1) is 25.1. The molecule has 0 radical (unpaired) electrons. The third-order valence-corrected chi connectivity index (χ3v) is 7.38. The SMILES string of the molecule is Cn1cc(C2CC2)cc(Nc2nc3ncc(O/C(=C/N)c4nccnc4OC4CCC4O)c(Cl)c3n2C)c1=O. The van der Waals surface area contributed by atoms with Crippen molar-refractivity contribution in [1.29, 1.82) is 0 Å². The Bertz CT molecular complexity index is 1660. The Kier molecular flexibility index (Phi) is 6.35. The molecule has 0 amide bonds. The summed E-state index contributed by atoms with van der Waals surface area (Å²) < 4.78 is 15.2. The maximum Gasteiger partial charge on any atom is 0.274 e. The number of nitrogens with zero attached hydrogens (tertiary/aromatic N) is 6. The lowest BCUT2D eigenvalue weighted by atomic mass is 9.92. The van der Waals surface area contributed by atoms with Crippen LogP contribution in [0.5, 0.6) is 11.6 Å². The highest BCUT2D eigenvalue weighted by Gasteiger charge is 2.32. The number of nitrogens with one attached hydrogen (secondary N) is 1. The standard InChI is InChI=1S/C26H27ClN8O4/c1-34-12-14(13-3-4-13)9-15(25(34)37)32-26-33-23-22(35(26)2)20(27)19(11-31-23)38-18(10-28)21-24(30-8-7-29-21)39-17-6-5-16(17)36/h7-13,16-17,36H,3-6,28H2,1-2H3,(H,31,32,33)/b18-10+. The molecule has 0 saturated heterocycles. The summed E-state index contributed by atoms with van der Waals surface area (Å²) in [6.07, 6.45) is 10.2. The van der Waals surface area contributed by atoms with Crippen LogP contribution in [0, 0.1) is 0 Å². The number of nitrogens with two attached hydrogens (primary N) is 1. The number of hydrogen-bond acceptors (Lipinski definition) is 10. The second-order valence-electron chi connectivity index (χ2n) is 9.75. The molecule has 0 bridgehead atoms. The Balaban J connectivity index is 1.30. The highest BCUT2D eigenvalue weighted by Crippen LogP contribution is 2.40. The first-order valence-corrected chi connectivity index (χ1v) is 13.0. The molecule has 2 aliphatic rings. The molecule has 0 aliphatic heterocycles. The minimum atomic E-state index is -0.559. The van der Waals surface area contributed by atoms with Gasteiger partial charge in [0.25, 0.3) is 5.56 Å². The molecule has 6 rings (SSSR count). The molecular formula is C26H27ClN8O4. The van der Waals surface area contributed by atoms with Crippen LogP contribution in [0.3, 0.4) is 0 Å². The Morgan fingerprint density at radius 2 is 2.00 bits per heavy atom. The first-order chi connectivity index (χ1) is 18.8. The van der Waals surface area contributed by atoms with E-state index < -0.39 is 6.10 Å². The molecule has 12 nitrogen and oxygen atoms in total. The topological polar surface area (TPSA) is 155 Å². The minimum Gasteiger partial charge on any atom is -0.470 e. The minimum absolute atomic E-state index is 0.149. The van der Waals surface area contributed by atoms with Crippen molar-refractivity contribution in [2.45, 2.75) is 43.8 Å². The van der Waals surface area contributed by atoms with Crippen LogP contribution in [0.15, 0.2) is 41.8 Å². The quantitative estimate of drug-likeness (QED) is 0.279. The van der Waals surface area contributed by atoms with E-state index in [1.54, 1.807) is 23.2 Å². The van der Waals surface area contributed by atoms with Crippen molar-refractivity contribution in [1.82, 2.24) is 29.1 Å². The Morgan fingerprint density at radius 3 is 2.69 bits per heavy atom. The monoisotopic (exact) mass is 550 g/mol. The Morgan fingerprint density at radius 1 is 1.21 bits per heavy atom. The predicted molar refractivity (Wildman–Crippen MR) is 145 cm³/mol. The molecule has 4 heterocycles. The summed E-state index contributed by atoms with van der Waals surface area (Å²) >= 11 is 6.77. The lowest BCUT2D eigenvalue weighted by Crippen LogP contribution is -2.41. The third kappa shape index (κ3) is 4.66. The Hall–Kier alpha value is -4.16. The molecule has 4 aromatic rings. The lowest BCUT2D eigenvalue weighted by Gasteiger charge is -2.32. The second kappa shape index (κ2) is 9.86. The summed E-state index contributed by atoms with van der Waals surface area (Å²) in [6, 6.07) is 1.88. The van der Waals surface area contributed by atoms with Gasteiger partial charge in [0.05, 0.1) is 12.3 Å². The fourth-order valence-electron chi connectivity index (χ4n) is 4.48. The van der Waals surface area contributed by atoms with E-state index in [9.17, 15) is 9.90 Å².